The number of rotatable bonds is 9. The maximum atomic E-state index is 12.6. The van der Waals surface area contributed by atoms with E-state index in [4.69, 9.17) is 4.74 Å². The maximum absolute atomic E-state index is 12.6. The molecule has 0 spiro atoms. The van der Waals surface area contributed by atoms with E-state index in [0.717, 1.165) is 29.0 Å². The van der Waals surface area contributed by atoms with Crippen molar-refractivity contribution in [1.29, 1.82) is 0 Å². The van der Waals surface area contributed by atoms with Crippen LogP contribution in [0.15, 0.2) is 60.8 Å². The second-order valence-electron chi connectivity index (χ2n) is 7.16. The molecule has 1 atom stereocenters. The monoisotopic (exact) mass is 419 g/mol. The van der Waals surface area contributed by atoms with Crippen molar-refractivity contribution in [3.8, 4) is 5.75 Å². The Kier molecular flexibility index (Phi) is 7.12. The SMILES string of the molecule is Cc1ccccc1CN(Cc1ccn[nH]1)CC(O)COc1ccc(C(F)(F)F)cc1. The molecule has 0 aliphatic rings. The Balaban J connectivity index is 1.59. The van der Waals surface area contributed by atoms with Crippen LogP contribution in [-0.2, 0) is 19.3 Å². The molecule has 2 aromatic carbocycles. The highest BCUT2D eigenvalue weighted by atomic mass is 19.4. The summed E-state index contributed by atoms with van der Waals surface area (Å²) in [7, 11) is 0. The normalized spacial score (nSPS) is 12.9. The second-order valence-corrected chi connectivity index (χ2v) is 7.16. The minimum Gasteiger partial charge on any atom is -0.491 e. The number of H-pyrrole nitrogens is 1. The molecular weight excluding hydrogens is 395 g/mol. The molecule has 0 saturated heterocycles. The molecule has 3 aromatic rings. The summed E-state index contributed by atoms with van der Waals surface area (Å²) >= 11 is 0. The molecule has 0 radical (unpaired) electrons. The highest BCUT2D eigenvalue weighted by Crippen LogP contribution is 2.30. The molecule has 0 fully saturated rings. The van der Waals surface area contributed by atoms with Crippen LogP contribution < -0.4 is 4.74 Å². The third kappa shape index (κ3) is 6.33. The van der Waals surface area contributed by atoms with Gasteiger partial charge in [-0.2, -0.15) is 18.3 Å². The van der Waals surface area contributed by atoms with E-state index < -0.39 is 17.8 Å². The Hall–Kier alpha value is -2.84. The van der Waals surface area contributed by atoms with E-state index in [9.17, 15) is 18.3 Å². The topological polar surface area (TPSA) is 61.4 Å². The van der Waals surface area contributed by atoms with E-state index in [1.807, 2.05) is 37.3 Å². The van der Waals surface area contributed by atoms with Gasteiger partial charge in [-0.05, 0) is 48.4 Å². The number of aliphatic hydroxyl groups is 1. The molecule has 2 N–H and O–H groups in total. The number of benzene rings is 2. The van der Waals surface area contributed by atoms with Crippen LogP contribution in [0.25, 0.3) is 0 Å². The van der Waals surface area contributed by atoms with Gasteiger partial charge >= 0.3 is 6.18 Å². The number of aryl methyl sites for hydroxylation is 1. The predicted octanol–water partition coefficient (Wildman–Crippen LogP) is 4.18. The van der Waals surface area contributed by atoms with Gasteiger partial charge in [0.25, 0.3) is 0 Å². The van der Waals surface area contributed by atoms with E-state index in [-0.39, 0.29) is 12.4 Å². The molecule has 1 unspecified atom stereocenters. The molecule has 0 amide bonds. The highest BCUT2D eigenvalue weighted by Gasteiger charge is 2.30. The van der Waals surface area contributed by atoms with E-state index in [1.54, 1.807) is 6.20 Å². The van der Waals surface area contributed by atoms with Gasteiger partial charge in [0.2, 0.25) is 0 Å². The predicted molar refractivity (Wildman–Crippen MR) is 107 cm³/mol. The summed E-state index contributed by atoms with van der Waals surface area (Å²) < 4.78 is 43.4. The number of aromatic amines is 1. The average molecular weight is 419 g/mol. The molecule has 0 aliphatic heterocycles. The molecule has 160 valence electrons. The lowest BCUT2D eigenvalue weighted by atomic mass is 10.1. The molecule has 3 rings (SSSR count). The molecule has 0 saturated carbocycles. The van der Waals surface area contributed by atoms with Crippen LogP contribution in [0.4, 0.5) is 13.2 Å². The Morgan fingerprint density at radius 3 is 2.43 bits per heavy atom. The first-order chi connectivity index (χ1) is 14.3. The highest BCUT2D eigenvalue weighted by molar-refractivity contribution is 5.29. The fourth-order valence-electron chi connectivity index (χ4n) is 3.11. The smallest absolute Gasteiger partial charge is 0.416 e. The first kappa shape index (κ1) is 21.9. The summed E-state index contributed by atoms with van der Waals surface area (Å²) in [6.07, 6.45) is -3.54. The van der Waals surface area contributed by atoms with Crippen LogP contribution in [0.1, 0.15) is 22.4 Å². The van der Waals surface area contributed by atoms with E-state index in [1.165, 1.54) is 12.1 Å². The lowest BCUT2D eigenvalue weighted by Gasteiger charge is -2.25. The Morgan fingerprint density at radius 2 is 1.80 bits per heavy atom. The van der Waals surface area contributed by atoms with Gasteiger partial charge in [-0.15, -0.1) is 0 Å². The van der Waals surface area contributed by atoms with Crippen LogP contribution in [0.3, 0.4) is 0 Å². The van der Waals surface area contributed by atoms with Crippen molar-refractivity contribution in [2.24, 2.45) is 0 Å². The Morgan fingerprint density at radius 1 is 1.07 bits per heavy atom. The summed E-state index contributed by atoms with van der Waals surface area (Å²) in [4.78, 5) is 2.07. The van der Waals surface area contributed by atoms with Gasteiger partial charge in [0.1, 0.15) is 18.5 Å². The summed E-state index contributed by atoms with van der Waals surface area (Å²) in [5.41, 5.74) is 2.48. The van der Waals surface area contributed by atoms with Crippen molar-refractivity contribution in [2.75, 3.05) is 13.2 Å². The minimum atomic E-state index is -4.39. The largest absolute Gasteiger partial charge is 0.491 e. The van der Waals surface area contributed by atoms with Gasteiger partial charge in [-0.3, -0.25) is 10.00 Å². The zero-order valence-corrected chi connectivity index (χ0v) is 16.6. The number of ether oxygens (including phenoxy) is 1. The molecule has 0 aliphatic carbocycles. The van der Waals surface area contributed by atoms with E-state index in [0.29, 0.717) is 19.6 Å². The third-order valence-electron chi connectivity index (χ3n) is 4.70. The first-order valence-electron chi connectivity index (χ1n) is 9.54. The van der Waals surface area contributed by atoms with Crippen molar-refractivity contribution in [3.05, 3.63) is 83.2 Å². The first-order valence-corrected chi connectivity index (χ1v) is 9.54. The standard InChI is InChI=1S/C22H24F3N3O2/c1-16-4-2-3-5-17(16)12-28(13-19-10-11-26-27-19)14-20(29)15-30-21-8-6-18(7-9-21)22(23,24)25/h2-11,20,29H,12-15H2,1H3,(H,26,27). The average Bonchev–Trinajstić information content (AvgIpc) is 3.21. The zero-order valence-electron chi connectivity index (χ0n) is 16.6. The number of nitrogens with one attached hydrogen (secondary N) is 1. The summed E-state index contributed by atoms with van der Waals surface area (Å²) in [5.74, 6) is 0.279. The van der Waals surface area contributed by atoms with E-state index >= 15 is 0 Å². The van der Waals surface area contributed by atoms with Gasteiger partial charge in [-0.25, -0.2) is 0 Å². The summed E-state index contributed by atoms with van der Waals surface area (Å²) in [5, 5.41) is 17.3. The maximum Gasteiger partial charge on any atom is 0.416 e. The van der Waals surface area contributed by atoms with Crippen LogP contribution in [0, 0.1) is 6.92 Å². The fraction of sp³-hybridized carbons (Fsp3) is 0.318. The van der Waals surface area contributed by atoms with Gasteiger partial charge < -0.3 is 9.84 Å². The summed E-state index contributed by atoms with van der Waals surface area (Å²) in [6, 6.07) is 14.3. The number of halogens is 3. The van der Waals surface area contributed by atoms with Crippen LogP contribution in [-0.4, -0.2) is 39.5 Å². The van der Waals surface area contributed by atoms with Crippen molar-refractivity contribution in [3.63, 3.8) is 0 Å². The van der Waals surface area contributed by atoms with Crippen molar-refractivity contribution in [1.82, 2.24) is 15.1 Å². The number of alkyl halides is 3. The van der Waals surface area contributed by atoms with Crippen molar-refractivity contribution in [2.45, 2.75) is 32.3 Å². The number of aliphatic hydroxyl groups excluding tert-OH is 1. The fourth-order valence-corrected chi connectivity index (χ4v) is 3.11. The van der Waals surface area contributed by atoms with Gasteiger partial charge in [-0.1, -0.05) is 24.3 Å². The molecule has 1 heterocycles. The number of hydrogen-bond donors (Lipinski definition) is 2. The Labute approximate surface area is 173 Å². The third-order valence-corrected chi connectivity index (χ3v) is 4.70. The Bertz CT molecular complexity index is 912. The number of aromatic nitrogens is 2. The summed E-state index contributed by atoms with van der Waals surface area (Å²) in [6.45, 7) is 3.52. The van der Waals surface area contributed by atoms with Gasteiger partial charge in [0.05, 0.1) is 5.56 Å². The van der Waals surface area contributed by atoms with Crippen molar-refractivity contribution < 1.29 is 23.0 Å². The molecule has 30 heavy (non-hydrogen) atoms. The number of nitrogens with zero attached hydrogens (tertiary/aromatic N) is 2. The van der Waals surface area contributed by atoms with E-state index in [2.05, 4.69) is 15.1 Å². The quantitative estimate of drug-likeness (QED) is 0.546. The molecule has 1 aromatic heterocycles. The van der Waals surface area contributed by atoms with Crippen LogP contribution >= 0.6 is 0 Å². The molecular formula is C22H24F3N3O2. The lowest BCUT2D eigenvalue weighted by molar-refractivity contribution is -0.137. The number of hydrogen-bond acceptors (Lipinski definition) is 4. The second kappa shape index (κ2) is 9.77. The van der Waals surface area contributed by atoms with Crippen LogP contribution in [0.5, 0.6) is 5.75 Å². The minimum absolute atomic E-state index is 0.0292. The van der Waals surface area contributed by atoms with Gasteiger partial charge in [0.15, 0.2) is 0 Å². The zero-order chi connectivity index (χ0) is 21.6. The van der Waals surface area contributed by atoms with Gasteiger partial charge in [0, 0.05) is 31.5 Å². The van der Waals surface area contributed by atoms with Crippen LogP contribution in [0.2, 0.25) is 0 Å². The van der Waals surface area contributed by atoms with Crippen molar-refractivity contribution >= 4 is 0 Å². The molecule has 8 heteroatoms. The lowest BCUT2D eigenvalue weighted by Crippen LogP contribution is -2.35. The molecule has 0 bridgehead atoms. The molecule has 5 nitrogen and oxygen atoms in total.